The molecule has 0 amide bonds. The van der Waals surface area contributed by atoms with Gasteiger partial charge in [-0.05, 0) is 12.8 Å². The van der Waals surface area contributed by atoms with Gasteiger partial charge in [-0.25, -0.2) is 13.6 Å². The molecule has 0 aromatic rings. The number of nitrogens with two attached hydrogens (primary N) is 1. The molecule has 4 nitrogen and oxygen atoms in total. The Morgan fingerprint density at radius 2 is 1.79 bits per heavy atom. The first-order valence-electron chi connectivity index (χ1n) is 5.14. The maximum absolute atomic E-state index is 10.7. The van der Waals surface area contributed by atoms with Gasteiger partial charge in [-0.15, -0.1) is 0 Å². The first kappa shape index (κ1) is 13.9. The maximum atomic E-state index is 10.7. The van der Waals surface area contributed by atoms with Crippen molar-refractivity contribution in [2.75, 3.05) is 12.3 Å². The van der Waals surface area contributed by atoms with Crippen molar-refractivity contribution in [3.05, 3.63) is 0 Å². The van der Waals surface area contributed by atoms with Crippen LogP contribution in [0.3, 0.4) is 0 Å². The van der Waals surface area contributed by atoms with Gasteiger partial charge in [0.1, 0.15) is 0 Å². The zero-order valence-corrected chi connectivity index (χ0v) is 10.1. The third kappa shape index (κ3) is 6.34. The van der Waals surface area contributed by atoms with E-state index in [1.165, 1.54) is 0 Å². The van der Waals surface area contributed by atoms with Crippen molar-refractivity contribution in [3.8, 4) is 0 Å². The third-order valence-electron chi connectivity index (χ3n) is 2.61. The summed E-state index contributed by atoms with van der Waals surface area (Å²) in [6, 6.07) is 0.353. The highest BCUT2D eigenvalue weighted by molar-refractivity contribution is 7.89. The van der Waals surface area contributed by atoms with E-state index in [1.807, 2.05) is 0 Å². The molecule has 0 aliphatic heterocycles. The van der Waals surface area contributed by atoms with Crippen LogP contribution in [0.4, 0.5) is 0 Å². The predicted molar refractivity (Wildman–Crippen MR) is 59.5 cm³/mol. The average Bonchev–Trinajstić information content (AvgIpc) is 2.04. The zero-order chi connectivity index (χ0) is 11.2. The summed E-state index contributed by atoms with van der Waals surface area (Å²) in [7, 11) is -3.32. The quantitative estimate of drug-likeness (QED) is 0.665. The summed E-state index contributed by atoms with van der Waals surface area (Å²) in [5, 5.41) is 8.08. The summed E-state index contributed by atoms with van der Waals surface area (Å²) in [6.07, 6.45) is 2.22. The molecule has 14 heavy (non-hydrogen) atoms. The van der Waals surface area contributed by atoms with Crippen LogP contribution in [0.1, 0.15) is 33.6 Å². The highest BCUT2D eigenvalue weighted by Crippen LogP contribution is 2.11. The molecule has 0 heterocycles. The SMILES string of the molecule is CCC(CC)C(C)NCCS(N)(=O)=O. The van der Waals surface area contributed by atoms with Crippen molar-refractivity contribution < 1.29 is 8.42 Å². The van der Waals surface area contributed by atoms with E-state index in [4.69, 9.17) is 5.14 Å². The van der Waals surface area contributed by atoms with Crippen LogP contribution in [0.25, 0.3) is 0 Å². The lowest BCUT2D eigenvalue weighted by atomic mass is 9.96. The lowest BCUT2D eigenvalue weighted by molar-refractivity contribution is 0.360. The Morgan fingerprint density at radius 1 is 1.29 bits per heavy atom. The Balaban J connectivity index is 3.78. The molecular formula is C9H22N2O2S. The van der Waals surface area contributed by atoms with E-state index in [9.17, 15) is 8.42 Å². The summed E-state index contributed by atoms with van der Waals surface area (Å²) >= 11 is 0. The second kappa shape index (κ2) is 6.37. The molecule has 0 bridgehead atoms. The summed E-state index contributed by atoms with van der Waals surface area (Å²) in [5.41, 5.74) is 0. The van der Waals surface area contributed by atoms with Crippen LogP contribution in [0.5, 0.6) is 0 Å². The smallest absolute Gasteiger partial charge is 0.210 e. The number of hydrogen-bond donors (Lipinski definition) is 2. The maximum Gasteiger partial charge on any atom is 0.210 e. The van der Waals surface area contributed by atoms with Crippen molar-refractivity contribution in [1.29, 1.82) is 0 Å². The number of primary sulfonamides is 1. The number of rotatable bonds is 7. The van der Waals surface area contributed by atoms with Gasteiger partial charge in [0.25, 0.3) is 0 Å². The Morgan fingerprint density at radius 3 is 2.14 bits per heavy atom. The van der Waals surface area contributed by atoms with Gasteiger partial charge in [0.15, 0.2) is 0 Å². The first-order chi connectivity index (χ1) is 6.40. The van der Waals surface area contributed by atoms with Gasteiger partial charge in [0, 0.05) is 12.6 Å². The van der Waals surface area contributed by atoms with E-state index in [0.29, 0.717) is 18.5 Å². The van der Waals surface area contributed by atoms with Crippen LogP contribution in [0, 0.1) is 5.92 Å². The van der Waals surface area contributed by atoms with Crippen LogP contribution in [0.2, 0.25) is 0 Å². The van der Waals surface area contributed by atoms with E-state index in [2.05, 4.69) is 26.1 Å². The monoisotopic (exact) mass is 222 g/mol. The predicted octanol–water partition coefficient (Wildman–Crippen LogP) is 0.689. The topological polar surface area (TPSA) is 72.2 Å². The molecule has 0 saturated heterocycles. The number of nitrogens with one attached hydrogen (secondary N) is 1. The van der Waals surface area contributed by atoms with Crippen LogP contribution < -0.4 is 10.5 Å². The second-order valence-corrected chi connectivity index (χ2v) is 5.42. The molecule has 0 aromatic carbocycles. The minimum absolute atomic E-state index is 0.0114. The van der Waals surface area contributed by atoms with Gasteiger partial charge in [-0.1, -0.05) is 26.7 Å². The molecule has 0 aromatic heterocycles. The summed E-state index contributed by atoms with van der Waals surface area (Å²) in [5.74, 6) is 0.618. The van der Waals surface area contributed by atoms with Gasteiger partial charge in [-0.3, -0.25) is 0 Å². The van der Waals surface area contributed by atoms with Gasteiger partial charge in [-0.2, -0.15) is 0 Å². The first-order valence-corrected chi connectivity index (χ1v) is 6.86. The Kier molecular flexibility index (Phi) is 6.31. The molecule has 0 saturated carbocycles. The fourth-order valence-electron chi connectivity index (χ4n) is 1.59. The Hall–Kier alpha value is -0.130. The summed E-state index contributed by atoms with van der Waals surface area (Å²) in [6.45, 7) is 6.81. The minimum Gasteiger partial charge on any atom is -0.313 e. The Bertz CT molecular complexity index is 235. The van der Waals surface area contributed by atoms with Crippen LogP contribution in [0.15, 0.2) is 0 Å². The molecule has 5 heteroatoms. The molecule has 0 rings (SSSR count). The fourth-order valence-corrected chi connectivity index (χ4v) is 1.99. The molecule has 0 fully saturated rings. The van der Waals surface area contributed by atoms with Crippen LogP contribution in [-0.2, 0) is 10.0 Å². The molecule has 0 radical (unpaired) electrons. The molecule has 3 N–H and O–H groups in total. The van der Waals surface area contributed by atoms with E-state index < -0.39 is 10.0 Å². The highest BCUT2D eigenvalue weighted by Gasteiger charge is 2.13. The lowest BCUT2D eigenvalue weighted by Gasteiger charge is -2.22. The molecule has 0 aliphatic carbocycles. The molecular weight excluding hydrogens is 200 g/mol. The minimum atomic E-state index is -3.32. The van der Waals surface area contributed by atoms with Crippen molar-refractivity contribution >= 4 is 10.0 Å². The third-order valence-corrected chi connectivity index (χ3v) is 3.38. The second-order valence-electron chi connectivity index (χ2n) is 3.69. The van der Waals surface area contributed by atoms with Crippen molar-refractivity contribution in [1.82, 2.24) is 5.32 Å². The summed E-state index contributed by atoms with van der Waals surface area (Å²) in [4.78, 5) is 0. The van der Waals surface area contributed by atoms with E-state index in [0.717, 1.165) is 12.8 Å². The van der Waals surface area contributed by atoms with Crippen LogP contribution in [-0.4, -0.2) is 26.8 Å². The van der Waals surface area contributed by atoms with Crippen molar-refractivity contribution in [2.24, 2.45) is 11.1 Å². The molecule has 0 aliphatic rings. The van der Waals surface area contributed by atoms with E-state index in [-0.39, 0.29) is 5.75 Å². The molecule has 1 unspecified atom stereocenters. The van der Waals surface area contributed by atoms with Crippen molar-refractivity contribution in [3.63, 3.8) is 0 Å². The standard InChI is InChI=1S/C9H22N2O2S/c1-4-9(5-2)8(3)11-6-7-14(10,12)13/h8-9,11H,4-7H2,1-3H3,(H2,10,12,13). The van der Waals surface area contributed by atoms with Gasteiger partial charge < -0.3 is 5.32 Å². The average molecular weight is 222 g/mol. The number of hydrogen-bond acceptors (Lipinski definition) is 3. The fraction of sp³-hybridized carbons (Fsp3) is 1.00. The van der Waals surface area contributed by atoms with E-state index >= 15 is 0 Å². The molecule has 1 atom stereocenters. The molecule has 0 spiro atoms. The Labute approximate surface area is 87.3 Å². The van der Waals surface area contributed by atoms with Gasteiger partial charge in [0.2, 0.25) is 10.0 Å². The van der Waals surface area contributed by atoms with Gasteiger partial charge in [0.05, 0.1) is 5.75 Å². The molecule has 86 valence electrons. The van der Waals surface area contributed by atoms with E-state index in [1.54, 1.807) is 0 Å². The van der Waals surface area contributed by atoms with Crippen LogP contribution >= 0.6 is 0 Å². The zero-order valence-electron chi connectivity index (χ0n) is 9.29. The normalized spacial score (nSPS) is 14.6. The van der Waals surface area contributed by atoms with Gasteiger partial charge >= 0.3 is 0 Å². The lowest BCUT2D eigenvalue weighted by Crippen LogP contribution is -2.37. The number of sulfonamides is 1. The summed E-state index contributed by atoms with van der Waals surface area (Å²) < 4.78 is 21.3. The highest BCUT2D eigenvalue weighted by atomic mass is 32.2. The largest absolute Gasteiger partial charge is 0.313 e. The van der Waals surface area contributed by atoms with Crippen molar-refractivity contribution in [2.45, 2.75) is 39.7 Å².